The van der Waals surface area contributed by atoms with Crippen molar-refractivity contribution in [3.63, 3.8) is 0 Å². The molecule has 0 spiro atoms. The maximum Gasteiger partial charge on any atom is 2.00 e. The van der Waals surface area contributed by atoms with Crippen molar-refractivity contribution < 1.29 is 69.7 Å². The van der Waals surface area contributed by atoms with Gasteiger partial charge in [-0.15, -0.1) is 6.07 Å². The van der Waals surface area contributed by atoms with Crippen LogP contribution in [0.4, 0.5) is 52.7 Å². The molecule has 2 rings (SSSR count). The molecule has 0 aliphatic rings. The summed E-state index contributed by atoms with van der Waals surface area (Å²) in [5.41, 5.74) is -5.37. The average molecular weight is 610 g/mol. The summed E-state index contributed by atoms with van der Waals surface area (Å²) in [7, 11) is 0. The predicted octanol–water partition coefficient (Wildman–Crippen LogP) is 4.63. The van der Waals surface area contributed by atoms with Gasteiger partial charge in [-0.1, -0.05) is 27.1 Å². The Morgan fingerprint density at radius 3 is 1.03 bits per heavy atom. The second-order valence-corrected chi connectivity index (χ2v) is 6.15. The van der Waals surface area contributed by atoms with E-state index in [9.17, 15) is 52.7 Å². The average Bonchev–Trinajstić information content (AvgIpc) is 2.52. The molecule has 0 amide bonds. The largest absolute Gasteiger partial charge is 2.00 e. The zero-order chi connectivity index (χ0) is 22.8. The molecule has 0 aliphatic carbocycles. The van der Waals surface area contributed by atoms with Crippen molar-refractivity contribution in [3.8, 4) is 0 Å². The van der Waals surface area contributed by atoms with Crippen LogP contribution in [-0.4, -0.2) is 23.1 Å². The van der Waals surface area contributed by atoms with Gasteiger partial charge in [-0.2, -0.15) is 70.9 Å². The standard InChI is InChI=1S/C8H3BrF6.C8H3F6.BrH.Mg/c9-6-2-4(7(10,11)12)1-5(3-6)8(13,14)15;9-7(10,11)5-2-1-3-6(4-5)8(12,13)14;;/h1-3H;2-4H;1H;/q;-1;;+2/p-1. The van der Waals surface area contributed by atoms with Gasteiger partial charge in [-0.3, -0.25) is 0 Å². The predicted molar refractivity (Wildman–Crippen MR) is 85.2 cm³/mol. The summed E-state index contributed by atoms with van der Waals surface area (Å²) in [5, 5.41) is 0. The fraction of sp³-hybridized carbons (Fsp3) is 0.250. The third kappa shape index (κ3) is 10.7. The summed E-state index contributed by atoms with van der Waals surface area (Å²) in [6.07, 6.45) is -19.1. The molecular formula is C16H6Br2F12Mg. The maximum absolute atomic E-state index is 12.1. The van der Waals surface area contributed by atoms with Crippen LogP contribution < -0.4 is 17.0 Å². The third-order valence-corrected chi connectivity index (χ3v) is 3.45. The molecule has 15 heteroatoms. The SMILES string of the molecule is FC(F)(F)c1c[c-]cc(C(F)(F)F)c1.FC(F)(F)c1cc(Br)cc(C(F)(F)F)c1.[Br-].[Mg+2]. The van der Waals surface area contributed by atoms with Crippen LogP contribution in [0.15, 0.2) is 40.9 Å². The van der Waals surface area contributed by atoms with E-state index in [-0.39, 0.29) is 56.6 Å². The van der Waals surface area contributed by atoms with Crippen molar-refractivity contribution in [2.24, 2.45) is 0 Å². The smallest absolute Gasteiger partial charge is 1.00 e. The number of rotatable bonds is 0. The minimum atomic E-state index is -4.79. The van der Waals surface area contributed by atoms with E-state index >= 15 is 0 Å². The molecule has 0 saturated heterocycles. The Morgan fingerprint density at radius 2 is 0.774 bits per heavy atom. The molecule has 0 aliphatic heterocycles. The van der Waals surface area contributed by atoms with Gasteiger partial charge in [-0.25, -0.2) is 0 Å². The van der Waals surface area contributed by atoms with E-state index in [1.807, 2.05) is 0 Å². The number of halogens is 14. The van der Waals surface area contributed by atoms with Gasteiger partial charge in [0.15, 0.2) is 0 Å². The normalized spacial score (nSPS) is 12.2. The van der Waals surface area contributed by atoms with E-state index < -0.39 is 47.0 Å². The Bertz CT molecular complexity index is 777. The quantitative estimate of drug-likeness (QED) is 0.232. The first kappa shape index (κ1) is 32.5. The molecule has 2 aromatic rings. The summed E-state index contributed by atoms with van der Waals surface area (Å²) in [6.45, 7) is 0. The van der Waals surface area contributed by atoms with Crippen LogP contribution in [0, 0.1) is 6.07 Å². The number of hydrogen-bond donors (Lipinski definition) is 0. The monoisotopic (exact) mass is 608 g/mol. The summed E-state index contributed by atoms with van der Waals surface area (Å²) < 4.78 is 144. The van der Waals surface area contributed by atoms with Crippen LogP contribution in [0.3, 0.4) is 0 Å². The molecule has 31 heavy (non-hydrogen) atoms. The molecule has 0 aromatic heterocycles. The molecular weight excluding hydrogens is 604 g/mol. The molecule has 0 saturated carbocycles. The first-order chi connectivity index (χ1) is 12.8. The van der Waals surface area contributed by atoms with Crippen molar-refractivity contribution in [2.75, 3.05) is 0 Å². The number of hydrogen-bond acceptors (Lipinski definition) is 0. The summed E-state index contributed by atoms with van der Waals surface area (Å²) in [6, 6.07) is 4.05. The van der Waals surface area contributed by atoms with Gasteiger partial charge in [0, 0.05) is 4.47 Å². The van der Waals surface area contributed by atoms with Gasteiger partial charge in [0.2, 0.25) is 0 Å². The Hall–Kier alpha value is -0.674. The van der Waals surface area contributed by atoms with Crippen molar-refractivity contribution in [3.05, 3.63) is 69.2 Å². The molecule has 0 heterocycles. The molecule has 0 atom stereocenters. The number of benzene rings is 2. The van der Waals surface area contributed by atoms with Gasteiger partial charge in [-0.05, 0) is 18.2 Å². The van der Waals surface area contributed by atoms with Gasteiger partial charge in [0.1, 0.15) is 0 Å². The van der Waals surface area contributed by atoms with E-state index in [4.69, 9.17) is 0 Å². The van der Waals surface area contributed by atoms with E-state index in [1.165, 1.54) is 0 Å². The molecule has 2 aromatic carbocycles. The van der Waals surface area contributed by atoms with Crippen LogP contribution in [0.2, 0.25) is 0 Å². The van der Waals surface area contributed by atoms with Gasteiger partial charge in [0.25, 0.3) is 0 Å². The Kier molecular flexibility index (Phi) is 12.0. The van der Waals surface area contributed by atoms with Crippen molar-refractivity contribution in [1.29, 1.82) is 0 Å². The maximum atomic E-state index is 12.1. The van der Waals surface area contributed by atoms with Crippen LogP contribution in [-0.2, 0) is 24.7 Å². The van der Waals surface area contributed by atoms with E-state index in [0.717, 1.165) is 0 Å². The Morgan fingerprint density at radius 1 is 0.516 bits per heavy atom. The van der Waals surface area contributed by atoms with Crippen LogP contribution in [0.25, 0.3) is 0 Å². The molecule has 0 fully saturated rings. The molecule has 0 radical (unpaired) electrons. The molecule has 0 unspecified atom stereocenters. The first-order valence-electron chi connectivity index (χ1n) is 6.92. The summed E-state index contributed by atoms with van der Waals surface area (Å²) in [4.78, 5) is 0. The third-order valence-electron chi connectivity index (χ3n) is 3.00. The van der Waals surface area contributed by atoms with Crippen molar-refractivity contribution in [2.45, 2.75) is 24.7 Å². The number of alkyl halides is 12. The minimum absolute atomic E-state index is 0. The molecule has 0 bridgehead atoms. The molecule has 0 nitrogen and oxygen atoms in total. The second kappa shape index (κ2) is 11.5. The van der Waals surface area contributed by atoms with E-state index in [1.54, 1.807) is 6.07 Å². The first-order valence-corrected chi connectivity index (χ1v) is 7.71. The van der Waals surface area contributed by atoms with Crippen molar-refractivity contribution in [1.82, 2.24) is 0 Å². The van der Waals surface area contributed by atoms with E-state index in [2.05, 4.69) is 15.9 Å². The van der Waals surface area contributed by atoms with Gasteiger partial charge in [0.05, 0.1) is 11.1 Å². The zero-order valence-corrected chi connectivity index (χ0v) is 19.0. The Labute approximate surface area is 202 Å². The minimum Gasteiger partial charge on any atom is -1.00 e. The van der Waals surface area contributed by atoms with Crippen LogP contribution in [0.5, 0.6) is 0 Å². The zero-order valence-electron chi connectivity index (χ0n) is 14.5. The van der Waals surface area contributed by atoms with Crippen molar-refractivity contribution >= 4 is 39.0 Å². The topological polar surface area (TPSA) is 0 Å². The van der Waals surface area contributed by atoms with Crippen LogP contribution >= 0.6 is 15.9 Å². The molecule has 170 valence electrons. The Balaban J connectivity index is 0. The van der Waals surface area contributed by atoms with Gasteiger partial charge >= 0.3 is 47.8 Å². The fourth-order valence-corrected chi connectivity index (χ4v) is 2.21. The van der Waals surface area contributed by atoms with E-state index in [0.29, 0.717) is 24.3 Å². The second-order valence-electron chi connectivity index (χ2n) is 5.23. The summed E-state index contributed by atoms with van der Waals surface area (Å²) in [5.74, 6) is 0. The molecule has 0 N–H and O–H groups in total. The van der Waals surface area contributed by atoms with Crippen LogP contribution in [0.1, 0.15) is 22.3 Å². The van der Waals surface area contributed by atoms with Gasteiger partial charge < -0.3 is 17.0 Å². The fourth-order valence-electron chi connectivity index (χ4n) is 1.72. The summed E-state index contributed by atoms with van der Waals surface area (Å²) >= 11 is 2.60.